The van der Waals surface area contributed by atoms with Crippen LogP contribution in [0.1, 0.15) is 10.4 Å². The summed E-state index contributed by atoms with van der Waals surface area (Å²) in [5.74, 6) is 0.335. The number of anilines is 1. The molecule has 1 heterocycles. The lowest BCUT2D eigenvalue weighted by Crippen LogP contribution is -2.34. The molecule has 124 valence electrons. The van der Waals surface area contributed by atoms with Gasteiger partial charge in [0.25, 0.3) is 5.91 Å². The maximum absolute atomic E-state index is 12.1. The molecule has 2 aromatic carbocycles. The number of amides is 3. The number of hydrogen-bond acceptors (Lipinski definition) is 4. The number of nitrogens with one attached hydrogen (secondary N) is 2. The Morgan fingerprint density at radius 1 is 0.840 bits per heavy atom. The molecule has 0 aliphatic carbocycles. The third-order valence-electron chi connectivity index (χ3n) is 3.25. The van der Waals surface area contributed by atoms with Crippen molar-refractivity contribution in [3.63, 3.8) is 0 Å². The minimum atomic E-state index is -0.647. The topological polar surface area (TPSA) is 80.3 Å². The molecule has 0 saturated carbocycles. The van der Waals surface area contributed by atoms with Gasteiger partial charge < -0.3 is 10.1 Å². The van der Waals surface area contributed by atoms with Crippen molar-refractivity contribution in [3.8, 4) is 11.6 Å². The minimum absolute atomic E-state index is 0.399. The van der Waals surface area contributed by atoms with E-state index < -0.39 is 11.9 Å². The molecule has 3 aromatic rings. The normalized spacial score (nSPS) is 9.92. The second-order valence-corrected chi connectivity index (χ2v) is 5.04. The highest BCUT2D eigenvalue weighted by Gasteiger charge is 2.12. The van der Waals surface area contributed by atoms with Crippen molar-refractivity contribution < 1.29 is 14.3 Å². The van der Waals surface area contributed by atoms with Crippen LogP contribution in [0.25, 0.3) is 0 Å². The Balaban J connectivity index is 1.68. The zero-order valence-electron chi connectivity index (χ0n) is 13.2. The van der Waals surface area contributed by atoms with Crippen molar-refractivity contribution in [1.82, 2.24) is 10.3 Å². The van der Waals surface area contributed by atoms with Crippen LogP contribution in [0.3, 0.4) is 0 Å². The van der Waals surface area contributed by atoms with Gasteiger partial charge in [-0.2, -0.15) is 0 Å². The van der Waals surface area contributed by atoms with Gasteiger partial charge in [0.15, 0.2) is 5.75 Å². The highest BCUT2D eigenvalue weighted by molar-refractivity contribution is 6.08. The predicted molar refractivity (Wildman–Crippen MR) is 93.7 cm³/mol. The van der Waals surface area contributed by atoms with Gasteiger partial charge in [0.1, 0.15) is 0 Å². The van der Waals surface area contributed by atoms with Crippen LogP contribution in [0, 0.1) is 0 Å². The number of hydrogen-bond donors (Lipinski definition) is 2. The summed E-state index contributed by atoms with van der Waals surface area (Å²) in [4.78, 5) is 28.2. The third kappa shape index (κ3) is 4.42. The number of rotatable bonds is 4. The summed E-state index contributed by atoms with van der Waals surface area (Å²) in [5, 5.41) is 4.88. The number of benzene rings is 2. The van der Waals surface area contributed by atoms with Gasteiger partial charge in [-0.05, 0) is 30.3 Å². The molecule has 1 aromatic heterocycles. The first-order chi connectivity index (χ1) is 12.2. The molecule has 6 heteroatoms. The maximum Gasteiger partial charge on any atom is 0.326 e. The van der Waals surface area contributed by atoms with Gasteiger partial charge in [-0.1, -0.05) is 36.4 Å². The van der Waals surface area contributed by atoms with Crippen LogP contribution in [0.15, 0.2) is 79.0 Å². The van der Waals surface area contributed by atoms with Gasteiger partial charge >= 0.3 is 6.03 Å². The van der Waals surface area contributed by atoms with Gasteiger partial charge in [-0.25, -0.2) is 9.78 Å². The van der Waals surface area contributed by atoms with Crippen molar-refractivity contribution in [2.24, 2.45) is 0 Å². The molecule has 0 aliphatic rings. The summed E-state index contributed by atoms with van der Waals surface area (Å²) in [6, 6.07) is 20.0. The molecule has 0 radical (unpaired) electrons. The fraction of sp³-hybridized carbons (Fsp3) is 0. The summed E-state index contributed by atoms with van der Waals surface area (Å²) in [5.41, 5.74) is 0.821. The largest absolute Gasteiger partial charge is 0.437 e. The van der Waals surface area contributed by atoms with E-state index in [9.17, 15) is 9.59 Å². The first kappa shape index (κ1) is 16.2. The third-order valence-corrected chi connectivity index (χ3v) is 3.25. The lowest BCUT2D eigenvalue weighted by atomic mass is 10.2. The van der Waals surface area contributed by atoms with E-state index >= 15 is 0 Å². The summed E-state index contributed by atoms with van der Waals surface area (Å²) >= 11 is 0. The number of carbonyl (C=O) groups excluding carboxylic acids is 2. The van der Waals surface area contributed by atoms with E-state index in [0.717, 1.165) is 0 Å². The molecule has 0 spiro atoms. The van der Waals surface area contributed by atoms with Crippen molar-refractivity contribution >= 4 is 17.6 Å². The lowest BCUT2D eigenvalue weighted by Gasteiger charge is -2.12. The van der Waals surface area contributed by atoms with Crippen LogP contribution in [-0.2, 0) is 0 Å². The number of ether oxygens (including phenoxy) is 1. The lowest BCUT2D eigenvalue weighted by molar-refractivity contribution is 0.0967. The van der Waals surface area contributed by atoms with E-state index in [2.05, 4.69) is 15.6 Å². The van der Waals surface area contributed by atoms with Crippen molar-refractivity contribution in [2.45, 2.75) is 0 Å². The first-order valence-corrected chi connectivity index (χ1v) is 7.58. The smallest absolute Gasteiger partial charge is 0.326 e. The number of para-hydroxylation sites is 2. The molecular formula is C19H15N3O3. The second kappa shape index (κ2) is 7.74. The second-order valence-electron chi connectivity index (χ2n) is 5.04. The van der Waals surface area contributed by atoms with Crippen LogP contribution < -0.4 is 15.4 Å². The van der Waals surface area contributed by atoms with Crippen LogP contribution in [0.2, 0.25) is 0 Å². The monoisotopic (exact) mass is 333 g/mol. The van der Waals surface area contributed by atoms with Crippen molar-refractivity contribution in [3.05, 3.63) is 84.6 Å². The SMILES string of the molecule is O=C(NC(=O)c1ccccc1)Nc1ccccc1Oc1ccccn1. The highest BCUT2D eigenvalue weighted by atomic mass is 16.5. The summed E-state index contributed by atoms with van der Waals surface area (Å²) in [6.07, 6.45) is 1.61. The number of imide groups is 1. The Morgan fingerprint density at radius 3 is 2.32 bits per heavy atom. The Labute approximate surface area is 144 Å². The van der Waals surface area contributed by atoms with E-state index in [4.69, 9.17) is 4.74 Å². The summed E-state index contributed by atoms with van der Waals surface area (Å²) in [6.45, 7) is 0. The van der Waals surface area contributed by atoms with Crippen molar-refractivity contribution in [2.75, 3.05) is 5.32 Å². The van der Waals surface area contributed by atoms with Gasteiger partial charge in [0, 0.05) is 17.8 Å². The number of pyridine rings is 1. The molecule has 2 N–H and O–H groups in total. The molecule has 3 amide bonds. The first-order valence-electron chi connectivity index (χ1n) is 7.58. The average molecular weight is 333 g/mol. The van der Waals surface area contributed by atoms with Gasteiger partial charge in [0.05, 0.1) is 5.69 Å². The summed E-state index contributed by atoms with van der Waals surface area (Å²) in [7, 11) is 0. The quantitative estimate of drug-likeness (QED) is 0.760. The van der Waals surface area contributed by atoms with Crippen LogP contribution in [0.4, 0.5) is 10.5 Å². The average Bonchev–Trinajstić information content (AvgIpc) is 2.65. The molecule has 0 saturated heterocycles. The minimum Gasteiger partial charge on any atom is -0.437 e. The van der Waals surface area contributed by atoms with Crippen LogP contribution >= 0.6 is 0 Å². The van der Waals surface area contributed by atoms with Gasteiger partial charge in [-0.3, -0.25) is 10.1 Å². The molecule has 0 aliphatic heterocycles. The predicted octanol–water partition coefficient (Wildman–Crippen LogP) is 3.84. The van der Waals surface area contributed by atoms with E-state index in [0.29, 0.717) is 22.9 Å². The van der Waals surface area contributed by atoms with Gasteiger partial charge in [0.2, 0.25) is 5.88 Å². The Kier molecular flexibility index (Phi) is 5.01. The fourth-order valence-corrected chi connectivity index (χ4v) is 2.10. The molecule has 6 nitrogen and oxygen atoms in total. The van der Waals surface area contributed by atoms with Crippen LogP contribution in [0.5, 0.6) is 11.6 Å². The molecule has 0 fully saturated rings. The molecule has 25 heavy (non-hydrogen) atoms. The van der Waals surface area contributed by atoms with Crippen LogP contribution in [-0.4, -0.2) is 16.9 Å². The summed E-state index contributed by atoms with van der Waals surface area (Å²) < 4.78 is 5.66. The zero-order chi connectivity index (χ0) is 17.5. The fourth-order valence-electron chi connectivity index (χ4n) is 2.10. The van der Waals surface area contributed by atoms with E-state index in [1.165, 1.54) is 0 Å². The standard InChI is InChI=1S/C19H15N3O3/c23-18(14-8-2-1-3-9-14)22-19(24)21-15-10-4-5-11-16(15)25-17-12-6-7-13-20-17/h1-13H,(H2,21,22,23,24). The molecule has 0 unspecified atom stereocenters. The number of urea groups is 1. The van der Waals surface area contributed by atoms with E-state index in [1.54, 1.807) is 79.0 Å². The number of nitrogens with zero attached hydrogens (tertiary/aromatic N) is 1. The highest BCUT2D eigenvalue weighted by Crippen LogP contribution is 2.27. The molecular weight excluding hydrogens is 318 g/mol. The molecule has 3 rings (SSSR count). The van der Waals surface area contributed by atoms with Gasteiger partial charge in [-0.15, -0.1) is 0 Å². The van der Waals surface area contributed by atoms with Crippen molar-refractivity contribution in [1.29, 1.82) is 0 Å². The molecule has 0 bridgehead atoms. The van der Waals surface area contributed by atoms with E-state index in [-0.39, 0.29) is 0 Å². The van der Waals surface area contributed by atoms with E-state index in [1.807, 2.05) is 0 Å². The molecule has 0 atom stereocenters. The Morgan fingerprint density at radius 2 is 1.56 bits per heavy atom. The Bertz CT molecular complexity index is 867. The Hall–Kier alpha value is -3.67. The maximum atomic E-state index is 12.1. The number of aromatic nitrogens is 1. The number of carbonyl (C=O) groups is 2. The zero-order valence-corrected chi connectivity index (χ0v) is 13.2.